The van der Waals surface area contributed by atoms with Gasteiger partial charge in [0.05, 0.1) is 6.33 Å². The van der Waals surface area contributed by atoms with E-state index in [0.717, 1.165) is 24.7 Å². The molecule has 0 unspecified atom stereocenters. The zero-order valence-corrected chi connectivity index (χ0v) is 14.8. The van der Waals surface area contributed by atoms with Crippen molar-refractivity contribution < 1.29 is 33.3 Å². The average molecular weight is 393 g/mol. The number of imidazole rings is 1. The highest BCUT2D eigenvalue weighted by molar-refractivity contribution is 5.81. The van der Waals surface area contributed by atoms with Crippen molar-refractivity contribution in [3.05, 3.63) is 12.7 Å². The van der Waals surface area contributed by atoms with Gasteiger partial charge < -0.3 is 25.1 Å². The van der Waals surface area contributed by atoms with Crippen molar-refractivity contribution in [2.45, 2.75) is 37.6 Å². The molecule has 0 aliphatic carbocycles. The van der Waals surface area contributed by atoms with Crippen molar-refractivity contribution in [1.29, 1.82) is 0 Å². The van der Waals surface area contributed by atoms with Gasteiger partial charge in [0.2, 0.25) is 5.60 Å². The van der Waals surface area contributed by atoms with Crippen LogP contribution < -0.4 is 5.73 Å². The molecule has 0 aromatic carbocycles. The standard InChI is InChI=1S/C16H16FN5O6/c1-4-15(27-9(3)24)13(25)16(17,5-26-8(2)23)28-14(15)22-7-21-10-11(18)19-6-20-12(10)22/h1,6-7,13-14,25H,5H2,2-3H3,(H2,18,19,20)/t13-,14+,15+,16+/m0/s1. The van der Waals surface area contributed by atoms with E-state index in [1.807, 2.05) is 0 Å². The molecule has 2 aromatic rings. The van der Waals surface area contributed by atoms with E-state index >= 15 is 4.39 Å². The van der Waals surface area contributed by atoms with Crippen molar-refractivity contribution in [2.24, 2.45) is 0 Å². The number of nitrogen functional groups attached to an aromatic ring is 1. The molecule has 3 heterocycles. The number of ether oxygens (including phenoxy) is 3. The minimum Gasteiger partial charge on any atom is -0.460 e. The van der Waals surface area contributed by atoms with Crippen LogP contribution in [0.15, 0.2) is 12.7 Å². The summed E-state index contributed by atoms with van der Waals surface area (Å²) in [6, 6.07) is 0. The molecular weight excluding hydrogens is 377 g/mol. The number of hydrogen-bond acceptors (Lipinski definition) is 10. The van der Waals surface area contributed by atoms with Gasteiger partial charge in [-0.05, 0) is 0 Å². The number of esters is 2. The predicted molar refractivity (Wildman–Crippen MR) is 89.7 cm³/mol. The molecule has 1 saturated heterocycles. The zero-order chi connectivity index (χ0) is 20.7. The molecule has 12 heteroatoms. The normalized spacial score (nSPS) is 29.4. The van der Waals surface area contributed by atoms with E-state index in [4.69, 9.17) is 21.6 Å². The number of aliphatic hydroxyl groups excluding tert-OH is 1. The van der Waals surface area contributed by atoms with E-state index in [2.05, 4.69) is 25.6 Å². The van der Waals surface area contributed by atoms with Crippen LogP contribution in [0.3, 0.4) is 0 Å². The monoisotopic (exact) mass is 393 g/mol. The van der Waals surface area contributed by atoms with Gasteiger partial charge in [-0.25, -0.2) is 19.3 Å². The van der Waals surface area contributed by atoms with Crippen LogP contribution in [0, 0.1) is 12.3 Å². The molecule has 0 saturated carbocycles. The third-order valence-electron chi connectivity index (χ3n) is 4.14. The first-order valence-corrected chi connectivity index (χ1v) is 7.93. The summed E-state index contributed by atoms with van der Waals surface area (Å²) in [5.41, 5.74) is 3.67. The molecular formula is C16H16FN5O6. The van der Waals surface area contributed by atoms with Crippen LogP contribution in [-0.2, 0) is 23.8 Å². The van der Waals surface area contributed by atoms with Crippen molar-refractivity contribution >= 4 is 28.9 Å². The maximum Gasteiger partial charge on any atom is 0.304 e. The van der Waals surface area contributed by atoms with Gasteiger partial charge in [-0.15, -0.1) is 6.42 Å². The molecule has 1 aliphatic heterocycles. The van der Waals surface area contributed by atoms with E-state index in [-0.39, 0.29) is 17.0 Å². The molecule has 4 atom stereocenters. The van der Waals surface area contributed by atoms with Crippen LogP contribution in [0.1, 0.15) is 20.1 Å². The number of nitrogens with two attached hydrogens (primary N) is 1. The molecule has 11 nitrogen and oxygen atoms in total. The number of aromatic nitrogens is 4. The van der Waals surface area contributed by atoms with Gasteiger partial charge in [0.1, 0.15) is 11.8 Å². The van der Waals surface area contributed by atoms with Crippen molar-refractivity contribution in [3.8, 4) is 12.3 Å². The molecule has 0 bridgehead atoms. The van der Waals surface area contributed by atoms with Crippen LogP contribution in [0.5, 0.6) is 0 Å². The first-order valence-electron chi connectivity index (χ1n) is 7.93. The van der Waals surface area contributed by atoms with Crippen LogP contribution in [0.4, 0.5) is 10.2 Å². The van der Waals surface area contributed by atoms with Crippen molar-refractivity contribution in [2.75, 3.05) is 12.3 Å². The summed E-state index contributed by atoms with van der Waals surface area (Å²) in [6.07, 6.45) is 4.02. The number of anilines is 1. The Balaban J connectivity index is 2.15. The summed E-state index contributed by atoms with van der Waals surface area (Å²) in [5.74, 6) is -2.56. The molecule has 2 aromatic heterocycles. The lowest BCUT2D eigenvalue weighted by Gasteiger charge is -2.31. The lowest BCUT2D eigenvalue weighted by Crippen LogP contribution is -2.52. The van der Waals surface area contributed by atoms with E-state index in [1.54, 1.807) is 0 Å². The quantitative estimate of drug-likeness (QED) is 0.512. The predicted octanol–water partition coefficient (Wildman–Crippen LogP) is -0.538. The van der Waals surface area contributed by atoms with Gasteiger partial charge in [0.25, 0.3) is 5.85 Å². The maximum atomic E-state index is 15.4. The first-order chi connectivity index (χ1) is 13.1. The molecule has 0 radical (unpaired) electrons. The summed E-state index contributed by atoms with van der Waals surface area (Å²) >= 11 is 0. The van der Waals surface area contributed by atoms with E-state index < -0.39 is 42.3 Å². The van der Waals surface area contributed by atoms with Gasteiger partial charge >= 0.3 is 11.9 Å². The Morgan fingerprint density at radius 1 is 1.43 bits per heavy atom. The van der Waals surface area contributed by atoms with Gasteiger partial charge in [-0.3, -0.25) is 14.2 Å². The van der Waals surface area contributed by atoms with Crippen LogP contribution in [0.25, 0.3) is 11.2 Å². The van der Waals surface area contributed by atoms with Crippen LogP contribution in [0.2, 0.25) is 0 Å². The fourth-order valence-electron chi connectivity index (χ4n) is 2.93. The van der Waals surface area contributed by atoms with E-state index in [0.29, 0.717) is 0 Å². The summed E-state index contributed by atoms with van der Waals surface area (Å²) in [6.45, 7) is 1.08. The molecule has 0 spiro atoms. The molecule has 0 amide bonds. The second-order valence-electron chi connectivity index (χ2n) is 6.05. The summed E-state index contributed by atoms with van der Waals surface area (Å²) < 4.78 is 31.6. The molecule has 28 heavy (non-hydrogen) atoms. The number of aliphatic hydroxyl groups is 1. The van der Waals surface area contributed by atoms with Crippen LogP contribution >= 0.6 is 0 Å². The number of terminal acetylenes is 1. The second kappa shape index (κ2) is 6.70. The summed E-state index contributed by atoms with van der Waals surface area (Å²) in [5, 5.41) is 10.6. The molecule has 148 valence electrons. The third-order valence-corrected chi connectivity index (χ3v) is 4.14. The van der Waals surface area contributed by atoms with Gasteiger partial charge in [-0.2, -0.15) is 0 Å². The fourth-order valence-corrected chi connectivity index (χ4v) is 2.93. The van der Waals surface area contributed by atoms with Crippen molar-refractivity contribution in [3.63, 3.8) is 0 Å². The molecule has 1 aliphatic rings. The Bertz CT molecular complexity index is 990. The minimum atomic E-state index is -2.98. The van der Waals surface area contributed by atoms with E-state index in [9.17, 15) is 14.7 Å². The maximum absolute atomic E-state index is 15.4. The van der Waals surface area contributed by atoms with Gasteiger partial charge in [0, 0.05) is 13.8 Å². The minimum absolute atomic E-state index is 0.0347. The van der Waals surface area contributed by atoms with Gasteiger partial charge in [0.15, 0.2) is 30.4 Å². The highest BCUT2D eigenvalue weighted by Crippen LogP contribution is 2.48. The molecule has 3 N–H and O–H groups in total. The summed E-state index contributed by atoms with van der Waals surface area (Å²) in [7, 11) is 0. The summed E-state index contributed by atoms with van der Waals surface area (Å²) in [4.78, 5) is 34.6. The first kappa shape index (κ1) is 19.5. The number of rotatable bonds is 4. The average Bonchev–Trinajstić information content (AvgIpc) is 3.14. The number of halogens is 1. The smallest absolute Gasteiger partial charge is 0.304 e. The lowest BCUT2D eigenvalue weighted by molar-refractivity contribution is -0.215. The topological polar surface area (TPSA) is 152 Å². The lowest BCUT2D eigenvalue weighted by atomic mass is 9.93. The Morgan fingerprint density at radius 3 is 2.75 bits per heavy atom. The number of carbonyl (C=O) groups is 2. The second-order valence-corrected chi connectivity index (χ2v) is 6.05. The van der Waals surface area contributed by atoms with E-state index in [1.165, 1.54) is 6.33 Å². The Labute approximate surface area is 157 Å². The van der Waals surface area contributed by atoms with Crippen molar-refractivity contribution in [1.82, 2.24) is 19.5 Å². The molecule has 3 rings (SSSR count). The Kier molecular flexibility index (Phi) is 4.66. The highest BCUT2D eigenvalue weighted by atomic mass is 19.2. The largest absolute Gasteiger partial charge is 0.460 e. The Hall–Kier alpha value is -3.30. The SMILES string of the molecule is C#C[C@]1(OC(C)=O)[C@H](n2cnc3c(N)ncnc32)O[C@](F)(COC(C)=O)[C@H]1O. The number of hydrogen-bond donors (Lipinski definition) is 2. The Morgan fingerprint density at radius 2 is 2.14 bits per heavy atom. The van der Waals surface area contributed by atoms with Crippen LogP contribution in [-0.4, -0.2) is 60.7 Å². The number of fused-ring (bicyclic) bond motifs is 1. The fraction of sp³-hybridized carbons (Fsp3) is 0.438. The number of alkyl halides is 1. The number of carbonyl (C=O) groups excluding carboxylic acids is 2. The number of nitrogens with zero attached hydrogens (tertiary/aromatic N) is 4. The molecule has 1 fully saturated rings. The zero-order valence-electron chi connectivity index (χ0n) is 14.8. The highest BCUT2D eigenvalue weighted by Gasteiger charge is 2.68. The third kappa shape index (κ3) is 2.90. The van der Waals surface area contributed by atoms with Gasteiger partial charge in [-0.1, -0.05) is 5.92 Å².